The average Bonchev–Trinajstić information content (AvgIpc) is 3.15. The standard InChI is InChI=1S/C48H92O6/c1-6-8-9-10-11-12-13-14-17-25-30-35-40-48(51)54-45(41-52-46(49)38-33-28-23-18-15-16-21-26-31-36-43(3)4)42-53-47(50)39-34-29-24-20-19-22-27-32-37-44(5)7-2/h43-45H,6-42H2,1-5H3/t44?,45-/m1/s1. The van der Waals surface area contributed by atoms with Crippen molar-refractivity contribution in [1.82, 2.24) is 0 Å². The number of carbonyl (C=O) groups is 3. The zero-order chi connectivity index (χ0) is 39.7. The molecule has 0 aliphatic heterocycles. The lowest BCUT2D eigenvalue weighted by Crippen LogP contribution is -2.30. The van der Waals surface area contributed by atoms with Gasteiger partial charge in [-0.25, -0.2) is 0 Å². The first-order valence-corrected chi connectivity index (χ1v) is 23.8. The summed E-state index contributed by atoms with van der Waals surface area (Å²) in [7, 11) is 0. The van der Waals surface area contributed by atoms with E-state index in [1.54, 1.807) is 0 Å². The van der Waals surface area contributed by atoms with Gasteiger partial charge >= 0.3 is 17.9 Å². The summed E-state index contributed by atoms with van der Waals surface area (Å²) in [5.74, 6) is 0.800. The SMILES string of the molecule is CCCCCCCCCCCCCCC(=O)O[C@H](COC(=O)CCCCCCCCCCCC(C)C)COC(=O)CCCCCCCCCCC(C)CC. The predicted molar refractivity (Wildman–Crippen MR) is 229 cm³/mol. The Balaban J connectivity index is 4.35. The molecule has 320 valence electrons. The second-order valence-corrected chi connectivity index (χ2v) is 17.1. The molecule has 54 heavy (non-hydrogen) atoms. The molecule has 0 radical (unpaired) electrons. The van der Waals surface area contributed by atoms with Crippen molar-refractivity contribution in [1.29, 1.82) is 0 Å². The van der Waals surface area contributed by atoms with E-state index in [9.17, 15) is 14.4 Å². The van der Waals surface area contributed by atoms with Gasteiger partial charge in [-0.3, -0.25) is 14.4 Å². The molecule has 0 spiro atoms. The Morgan fingerprint density at radius 1 is 0.389 bits per heavy atom. The summed E-state index contributed by atoms with van der Waals surface area (Å²) in [6, 6.07) is 0. The summed E-state index contributed by atoms with van der Waals surface area (Å²) >= 11 is 0. The third kappa shape index (κ3) is 40.1. The van der Waals surface area contributed by atoms with E-state index < -0.39 is 6.10 Å². The average molecular weight is 765 g/mol. The van der Waals surface area contributed by atoms with E-state index in [1.807, 2.05) is 0 Å². The number of rotatable bonds is 42. The van der Waals surface area contributed by atoms with Crippen LogP contribution < -0.4 is 0 Å². The van der Waals surface area contributed by atoms with Crippen LogP contribution in [0.4, 0.5) is 0 Å². The lowest BCUT2D eigenvalue weighted by atomic mass is 9.99. The van der Waals surface area contributed by atoms with E-state index >= 15 is 0 Å². The minimum atomic E-state index is -0.761. The molecule has 0 bridgehead atoms. The topological polar surface area (TPSA) is 78.9 Å². The maximum Gasteiger partial charge on any atom is 0.306 e. The number of esters is 3. The summed E-state index contributed by atoms with van der Waals surface area (Å²) in [5, 5.41) is 0. The molecule has 0 heterocycles. The number of carbonyl (C=O) groups excluding carboxylic acids is 3. The summed E-state index contributed by atoms with van der Waals surface area (Å²) in [6.45, 7) is 11.3. The van der Waals surface area contributed by atoms with Gasteiger partial charge in [-0.05, 0) is 31.1 Å². The molecule has 6 nitrogen and oxygen atoms in total. The van der Waals surface area contributed by atoms with Crippen LogP contribution in [0.2, 0.25) is 0 Å². The van der Waals surface area contributed by atoms with E-state index in [0.717, 1.165) is 69.6 Å². The van der Waals surface area contributed by atoms with Gasteiger partial charge in [0, 0.05) is 19.3 Å². The predicted octanol–water partition coefficient (Wildman–Crippen LogP) is 15.0. The highest BCUT2D eigenvalue weighted by Crippen LogP contribution is 2.17. The van der Waals surface area contributed by atoms with Crippen molar-refractivity contribution >= 4 is 17.9 Å². The highest BCUT2D eigenvalue weighted by atomic mass is 16.6. The largest absolute Gasteiger partial charge is 0.462 e. The lowest BCUT2D eigenvalue weighted by molar-refractivity contribution is -0.167. The molecule has 0 fully saturated rings. The molecule has 0 N–H and O–H groups in total. The van der Waals surface area contributed by atoms with Gasteiger partial charge in [0.15, 0.2) is 6.10 Å². The van der Waals surface area contributed by atoms with Gasteiger partial charge in [0.05, 0.1) is 0 Å². The molecule has 0 saturated heterocycles. The fourth-order valence-corrected chi connectivity index (χ4v) is 7.07. The Hall–Kier alpha value is -1.59. The summed E-state index contributed by atoms with van der Waals surface area (Å²) in [5.41, 5.74) is 0. The Morgan fingerprint density at radius 3 is 1.06 bits per heavy atom. The minimum Gasteiger partial charge on any atom is -0.462 e. The van der Waals surface area contributed by atoms with Gasteiger partial charge in [-0.15, -0.1) is 0 Å². The normalized spacial score (nSPS) is 12.6. The number of hydrogen-bond acceptors (Lipinski definition) is 6. The Morgan fingerprint density at radius 2 is 0.704 bits per heavy atom. The number of hydrogen-bond donors (Lipinski definition) is 0. The highest BCUT2D eigenvalue weighted by molar-refractivity contribution is 5.71. The van der Waals surface area contributed by atoms with E-state index in [2.05, 4.69) is 34.6 Å². The molecule has 0 aromatic rings. The van der Waals surface area contributed by atoms with Crippen molar-refractivity contribution in [2.24, 2.45) is 11.8 Å². The van der Waals surface area contributed by atoms with Crippen LogP contribution in [-0.4, -0.2) is 37.2 Å². The van der Waals surface area contributed by atoms with Crippen molar-refractivity contribution in [3.05, 3.63) is 0 Å². The molecule has 0 aliphatic rings. The lowest BCUT2D eigenvalue weighted by Gasteiger charge is -2.18. The molecule has 2 atom stereocenters. The highest BCUT2D eigenvalue weighted by Gasteiger charge is 2.19. The van der Waals surface area contributed by atoms with Gasteiger partial charge < -0.3 is 14.2 Å². The van der Waals surface area contributed by atoms with Gasteiger partial charge in [-0.2, -0.15) is 0 Å². The van der Waals surface area contributed by atoms with E-state index in [1.165, 1.54) is 148 Å². The van der Waals surface area contributed by atoms with E-state index in [4.69, 9.17) is 14.2 Å². The maximum absolute atomic E-state index is 12.7. The van der Waals surface area contributed by atoms with Crippen molar-refractivity contribution in [2.45, 2.75) is 265 Å². The van der Waals surface area contributed by atoms with Gasteiger partial charge in [-0.1, -0.05) is 221 Å². The molecule has 6 heteroatoms. The molecule has 0 amide bonds. The van der Waals surface area contributed by atoms with Gasteiger partial charge in [0.2, 0.25) is 0 Å². The molecule has 0 aromatic carbocycles. The van der Waals surface area contributed by atoms with Crippen LogP contribution in [0.15, 0.2) is 0 Å². The minimum absolute atomic E-state index is 0.0650. The third-order valence-electron chi connectivity index (χ3n) is 11.1. The van der Waals surface area contributed by atoms with Crippen molar-refractivity contribution in [3.8, 4) is 0 Å². The van der Waals surface area contributed by atoms with Crippen LogP contribution in [0.3, 0.4) is 0 Å². The summed E-state index contributed by atoms with van der Waals surface area (Å²) in [6.07, 6.45) is 39.4. The molecule has 1 unspecified atom stereocenters. The molecule has 0 rings (SSSR count). The summed E-state index contributed by atoms with van der Waals surface area (Å²) in [4.78, 5) is 37.8. The number of ether oxygens (including phenoxy) is 3. The van der Waals surface area contributed by atoms with Crippen LogP contribution in [0, 0.1) is 11.8 Å². The van der Waals surface area contributed by atoms with Crippen molar-refractivity contribution < 1.29 is 28.6 Å². The number of unbranched alkanes of at least 4 members (excludes halogenated alkanes) is 26. The van der Waals surface area contributed by atoms with Crippen LogP contribution in [0.1, 0.15) is 259 Å². The van der Waals surface area contributed by atoms with Gasteiger partial charge in [0.25, 0.3) is 0 Å². The van der Waals surface area contributed by atoms with Gasteiger partial charge in [0.1, 0.15) is 13.2 Å². The first-order chi connectivity index (χ1) is 26.3. The fraction of sp³-hybridized carbons (Fsp3) is 0.938. The Bertz CT molecular complexity index is 826. The van der Waals surface area contributed by atoms with Crippen molar-refractivity contribution in [2.75, 3.05) is 13.2 Å². The first-order valence-electron chi connectivity index (χ1n) is 23.8. The van der Waals surface area contributed by atoms with Crippen LogP contribution in [-0.2, 0) is 28.6 Å². The van der Waals surface area contributed by atoms with Crippen molar-refractivity contribution in [3.63, 3.8) is 0 Å². The Kier molecular flexibility index (Phi) is 39.8. The quantitative estimate of drug-likeness (QED) is 0.0350. The van der Waals surface area contributed by atoms with Crippen LogP contribution >= 0.6 is 0 Å². The zero-order valence-electron chi connectivity index (χ0n) is 36.8. The molecule has 0 aromatic heterocycles. The van der Waals surface area contributed by atoms with Crippen LogP contribution in [0.5, 0.6) is 0 Å². The molecular formula is C48H92O6. The first kappa shape index (κ1) is 52.4. The van der Waals surface area contributed by atoms with E-state index in [-0.39, 0.29) is 31.1 Å². The second kappa shape index (κ2) is 41.1. The molecule has 0 aliphatic carbocycles. The zero-order valence-corrected chi connectivity index (χ0v) is 36.8. The fourth-order valence-electron chi connectivity index (χ4n) is 7.07. The van der Waals surface area contributed by atoms with Crippen LogP contribution in [0.25, 0.3) is 0 Å². The van der Waals surface area contributed by atoms with E-state index in [0.29, 0.717) is 19.3 Å². The molecular weight excluding hydrogens is 673 g/mol. The molecule has 0 saturated carbocycles. The summed E-state index contributed by atoms with van der Waals surface area (Å²) < 4.78 is 16.7. The smallest absolute Gasteiger partial charge is 0.306 e. The third-order valence-corrected chi connectivity index (χ3v) is 11.1. The Labute approximate surface area is 336 Å². The maximum atomic E-state index is 12.7. The second-order valence-electron chi connectivity index (χ2n) is 17.1. The monoisotopic (exact) mass is 765 g/mol.